The molecule has 0 bridgehead atoms. The number of methoxy groups -OCH3 is 1. The average Bonchev–Trinajstić information content (AvgIpc) is 2.66. The third kappa shape index (κ3) is 5.92. The highest BCUT2D eigenvalue weighted by atomic mass is 16.5. The van der Waals surface area contributed by atoms with E-state index in [-0.39, 0.29) is 11.7 Å². The van der Waals surface area contributed by atoms with Crippen LogP contribution < -0.4 is 10.5 Å². The van der Waals surface area contributed by atoms with Crippen molar-refractivity contribution in [3.63, 3.8) is 0 Å². The van der Waals surface area contributed by atoms with Crippen molar-refractivity contribution in [2.75, 3.05) is 13.7 Å². The number of phenolic OH excluding ortho intramolecular Hbond substituents is 1. The summed E-state index contributed by atoms with van der Waals surface area (Å²) < 4.78 is 10.2. The van der Waals surface area contributed by atoms with E-state index in [1.807, 2.05) is 36.4 Å². The van der Waals surface area contributed by atoms with E-state index in [9.17, 15) is 9.90 Å². The first-order valence-corrected chi connectivity index (χ1v) is 8.67. The first kappa shape index (κ1) is 20.1. The number of hydrogen-bond donors (Lipinski definition) is 2. The van der Waals surface area contributed by atoms with E-state index >= 15 is 0 Å². The number of rotatable bonds is 8. The topological polar surface area (TPSA) is 81.8 Å². The normalized spacial score (nSPS) is 11.1. The van der Waals surface area contributed by atoms with Gasteiger partial charge in [0.15, 0.2) is 0 Å². The predicted octanol–water partition coefficient (Wildman–Crippen LogP) is 3.91. The SMILES string of the molecule is C=C(C)C(=O)OCCCc1ccc(/C=C(\N)c2ccc(OC)cc2)c(O)c1. The van der Waals surface area contributed by atoms with Crippen LogP contribution in [0.4, 0.5) is 0 Å². The van der Waals surface area contributed by atoms with Gasteiger partial charge in [-0.3, -0.25) is 0 Å². The van der Waals surface area contributed by atoms with Crippen LogP contribution in [-0.4, -0.2) is 24.8 Å². The van der Waals surface area contributed by atoms with Crippen LogP contribution in [0.25, 0.3) is 11.8 Å². The lowest BCUT2D eigenvalue weighted by atomic mass is 10.0. The van der Waals surface area contributed by atoms with Gasteiger partial charge < -0.3 is 20.3 Å². The van der Waals surface area contributed by atoms with E-state index in [0.29, 0.717) is 36.3 Å². The number of aryl methyl sites for hydroxylation is 1. The van der Waals surface area contributed by atoms with Gasteiger partial charge in [0, 0.05) is 16.8 Å². The summed E-state index contributed by atoms with van der Waals surface area (Å²) in [5.41, 5.74) is 9.51. The van der Waals surface area contributed by atoms with Crippen LogP contribution >= 0.6 is 0 Å². The summed E-state index contributed by atoms with van der Waals surface area (Å²) in [6, 6.07) is 12.8. The third-order valence-electron chi connectivity index (χ3n) is 4.02. The maximum atomic E-state index is 11.3. The Hall–Kier alpha value is -3.21. The predicted molar refractivity (Wildman–Crippen MR) is 107 cm³/mol. The first-order chi connectivity index (χ1) is 12.9. The van der Waals surface area contributed by atoms with Gasteiger partial charge in [0.2, 0.25) is 0 Å². The van der Waals surface area contributed by atoms with Crippen molar-refractivity contribution in [3.8, 4) is 11.5 Å². The zero-order valence-corrected chi connectivity index (χ0v) is 15.7. The molecule has 5 nitrogen and oxygen atoms in total. The molecule has 0 fully saturated rings. The van der Waals surface area contributed by atoms with Crippen molar-refractivity contribution in [2.24, 2.45) is 5.73 Å². The van der Waals surface area contributed by atoms with Crippen LogP contribution in [0.5, 0.6) is 11.5 Å². The first-order valence-electron chi connectivity index (χ1n) is 8.67. The number of benzene rings is 2. The Balaban J connectivity index is 1.98. The van der Waals surface area contributed by atoms with Gasteiger partial charge in [0.1, 0.15) is 11.5 Å². The molecule has 0 heterocycles. The Morgan fingerprint density at radius 2 is 1.93 bits per heavy atom. The number of phenols is 1. The highest BCUT2D eigenvalue weighted by Gasteiger charge is 2.05. The van der Waals surface area contributed by atoms with Gasteiger partial charge >= 0.3 is 5.97 Å². The molecular weight excluding hydrogens is 342 g/mol. The Labute approximate surface area is 159 Å². The molecule has 0 amide bonds. The summed E-state index contributed by atoms with van der Waals surface area (Å²) in [5, 5.41) is 10.3. The van der Waals surface area contributed by atoms with Gasteiger partial charge in [0.25, 0.3) is 0 Å². The molecule has 0 atom stereocenters. The molecule has 2 rings (SSSR count). The molecule has 2 aromatic rings. The number of ether oxygens (including phenoxy) is 2. The van der Waals surface area contributed by atoms with Crippen molar-refractivity contribution in [1.82, 2.24) is 0 Å². The Morgan fingerprint density at radius 1 is 1.22 bits per heavy atom. The quantitative estimate of drug-likeness (QED) is 0.320. The summed E-state index contributed by atoms with van der Waals surface area (Å²) in [6.07, 6.45) is 3.09. The highest BCUT2D eigenvalue weighted by Crippen LogP contribution is 2.24. The summed E-state index contributed by atoms with van der Waals surface area (Å²) in [5.74, 6) is 0.530. The maximum absolute atomic E-state index is 11.3. The molecular formula is C22H25NO4. The van der Waals surface area contributed by atoms with Crippen LogP contribution in [0.3, 0.4) is 0 Å². The fourth-order valence-electron chi connectivity index (χ4n) is 2.47. The number of nitrogens with two attached hydrogens (primary N) is 1. The van der Waals surface area contributed by atoms with E-state index in [1.165, 1.54) is 0 Å². The second kappa shape index (κ2) is 9.48. The minimum absolute atomic E-state index is 0.155. The molecule has 142 valence electrons. The summed E-state index contributed by atoms with van der Waals surface area (Å²) in [7, 11) is 1.61. The van der Waals surface area contributed by atoms with Gasteiger partial charge in [-0.05, 0) is 67.3 Å². The smallest absolute Gasteiger partial charge is 0.333 e. The van der Waals surface area contributed by atoms with Crippen LogP contribution in [0.15, 0.2) is 54.6 Å². The Morgan fingerprint density at radius 3 is 2.52 bits per heavy atom. The van der Waals surface area contributed by atoms with Crippen LogP contribution in [0.2, 0.25) is 0 Å². The largest absolute Gasteiger partial charge is 0.507 e. The number of carbonyl (C=O) groups excluding carboxylic acids is 1. The monoisotopic (exact) mass is 367 g/mol. The Kier molecular flexibility index (Phi) is 7.06. The molecule has 0 saturated carbocycles. The second-order valence-corrected chi connectivity index (χ2v) is 6.24. The van der Waals surface area contributed by atoms with Crippen LogP contribution in [-0.2, 0) is 16.0 Å². The molecule has 0 radical (unpaired) electrons. The maximum Gasteiger partial charge on any atom is 0.333 e. The van der Waals surface area contributed by atoms with Crippen molar-refractivity contribution in [2.45, 2.75) is 19.8 Å². The fourth-order valence-corrected chi connectivity index (χ4v) is 2.47. The summed E-state index contributed by atoms with van der Waals surface area (Å²) in [4.78, 5) is 11.3. The lowest BCUT2D eigenvalue weighted by Crippen LogP contribution is -2.06. The number of esters is 1. The zero-order valence-electron chi connectivity index (χ0n) is 15.7. The summed E-state index contributed by atoms with van der Waals surface area (Å²) in [6.45, 7) is 5.47. The standard InChI is InChI=1S/C22H25NO4/c1-15(2)22(25)27-12-4-5-16-6-7-18(21(24)13-16)14-20(23)17-8-10-19(26-3)11-9-17/h6-11,13-14,24H,1,4-5,12,23H2,2-3H3/b20-14-. The van der Waals surface area contributed by atoms with Gasteiger partial charge in [-0.15, -0.1) is 0 Å². The lowest BCUT2D eigenvalue weighted by Gasteiger charge is -2.08. The molecule has 5 heteroatoms. The summed E-state index contributed by atoms with van der Waals surface area (Å²) >= 11 is 0. The molecule has 0 aliphatic carbocycles. The molecule has 0 spiro atoms. The minimum atomic E-state index is -0.382. The van der Waals surface area contributed by atoms with Gasteiger partial charge in [-0.25, -0.2) is 4.79 Å². The van der Waals surface area contributed by atoms with Crippen molar-refractivity contribution in [3.05, 3.63) is 71.3 Å². The molecule has 3 N–H and O–H groups in total. The molecule has 0 saturated heterocycles. The van der Waals surface area contributed by atoms with E-state index < -0.39 is 0 Å². The van der Waals surface area contributed by atoms with Crippen LogP contribution in [0.1, 0.15) is 30.0 Å². The lowest BCUT2D eigenvalue weighted by molar-refractivity contribution is -0.139. The zero-order chi connectivity index (χ0) is 19.8. The van der Waals surface area contributed by atoms with Crippen molar-refractivity contribution < 1.29 is 19.4 Å². The second-order valence-electron chi connectivity index (χ2n) is 6.24. The van der Waals surface area contributed by atoms with Crippen molar-refractivity contribution in [1.29, 1.82) is 0 Å². The third-order valence-corrected chi connectivity index (χ3v) is 4.02. The minimum Gasteiger partial charge on any atom is -0.507 e. The van der Waals surface area contributed by atoms with Gasteiger partial charge in [-0.1, -0.05) is 18.7 Å². The van der Waals surface area contributed by atoms with E-state index in [2.05, 4.69) is 6.58 Å². The molecule has 27 heavy (non-hydrogen) atoms. The molecule has 0 aliphatic heterocycles. The van der Waals surface area contributed by atoms with E-state index in [1.54, 1.807) is 26.2 Å². The number of aromatic hydroxyl groups is 1. The van der Waals surface area contributed by atoms with Gasteiger partial charge in [-0.2, -0.15) is 0 Å². The molecule has 0 aliphatic rings. The van der Waals surface area contributed by atoms with Crippen LogP contribution in [0, 0.1) is 0 Å². The number of hydrogen-bond acceptors (Lipinski definition) is 5. The van der Waals surface area contributed by atoms with Gasteiger partial charge in [0.05, 0.1) is 13.7 Å². The molecule has 0 aromatic heterocycles. The average molecular weight is 367 g/mol. The number of carbonyl (C=O) groups is 1. The van der Waals surface area contributed by atoms with E-state index in [4.69, 9.17) is 15.2 Å². The van der Waals surface area contributed by atoms with E-state index in [0.717, 1.165) is 16.9 Å². The van der Waals surface area contributed by atoms with Crippen molar-refractivity contribution >= 4 is 17.7 Å². The highest BCUT2D eigenvalue weighted by molar-refractivity contribution is 5.86. The molecule has 2 aromatic carbocycles. The fraction of sp³-hybridized carbons (Fsp3) is 0.227. The Bertz CT molecular complexity index is 838. The molecule has 0 unspecified atom stereocenters.